The molecule has 0 saturated carbocycles. The van der Waals surface area contributed by atoms with Gasteiger partial charge in [0.15, 0.2) is 0 Å². The second kappa shape index (κ2) is 3.33. The van der Waals surface area contributed by atoms with E-state index in [0.29, 0.717) is 5.92 Å². The van der Waals surface area contributed by atoms with E-state index < -0.39 is 0 Å². The van der Waals surface area contributed by atoms with Crippen LogP contribution in [0, 0.1) is 5.92 Å². The number of fused-ring (bicyclic) bond motifs is 1. The van der Waals surface area contributed by atoms with Crippen LogP contribution in [0.2, 0.25) is 0 Å². The highest BCUT2D eigenvalue weighted by Gasteiger charge is 2.11. The first-order valence-corrected chi connectivity index (χ1v) is 4.83. The molecule has 0 spiro atoms. The summed E-state index contributed by atoms with van der Waals surface area (Å²) in [5.74, 6) is 6.36. The summed E-state index contributed by atoms with van der Waals surface area (Å²) in [7, 11) is 0. The molecule has 3 nitrogen and oxygen atoms in total. The molecule has 0 aliphatic rings. The van der Waals surface area contributed by atoms with Gasteiger partial charge in [0.25, 0.3) is 5.52 Å². The van der Waals surface area contributed by atoms with E-state index in [2.05, 4.69) is 26.0 Å². The predicted octanol–water partition coefficient (Wildman–Crippen LogP) is 1.63. The van der Waals surface area contributed by atoms with Crippen molar-refractivity contribution in [3.05, 3.63) is 30.2 Å². The number of nitrogen functional groups attached to an aromatic ring is 1. The Bertz CT molecular complexity index is 445. The number of hydrogen-bond donors (Lipinski definition) is 1. The van der Waals surface area contributed by atoms with Gasteiger partial charge in [-0.3, -0.25) is 0 Å². The summed E-state index contributed by atoms with van der Waals surface area (Å²) in [6, 6.07) is 6.14. The normalized spacial score (nSPS) is 11.4. The lowest BCUT2D eigenvalue weighted by atomic mass is 10.0. The molecule has 1 heterocycles. The van der Waals surface area contributed by atoms with E-state index in [-0.39, 0.29) is 0 Å². The molecule has 0 atom stereocenters. The summed E-state index contributed by atoms with van der Waals surface area (Å²) in [6.07, 6.45) is 2.59. The number of oxazole rings is 1. The molecule has 0 saturated heterocycles. The molecule has 74 valence electrons. The minimum Gasteiger partial charge on any atom is -0.402 e. The van der Waals surface area contributed by atoms with Crippen LogP contribution < -0.4 is 10.5 Å². The average molecular weight is 191 g/mol. The fraction of sp³-hybridized carbons (Fsp3) is 0.364. The monoisotopic (exact) mass is 191 g/mol. The first-order chi connectivity index (χ1) is 6.66. The van der Waals surface area contributed by atoms with Gasteiger partial charge in [-0.2, -0.15) is 0 Å². The zero-order valence-corrected chi connectivity index (χ0v) is 8.53. The molecule has 0 fully saturated rings. The van der Waals surface area contributed by atoms with E-state index in [4.69, 9.17) is 10.3 Å². The van der Waals surface area contributed by atoms with Gasteiger partial charge in [-0.25, -0.2) is 5.84 Å². The highest BCUT2D eigenvalue weighted by molar-refractivity contribution is 5.69. The third kappa shape index (κ3) is 1.58. The number of hydrogen-bond acceptors (Lipinski definition) is 2. The topological polar surface area (TPSA) is 43.0 Å². The average Bonchev–Trinajstić information content (AvgIpc) is 2.47. The van der Waals surface area contributed by atoms with Crippen LogP contribution in [0.15, 0.2) is 29.0 Å². The van der Waals surface area contributed by atoms with Gasteiger partial charge >= 0.3 is 6.39 Å². The third-order valence-corrected chi connectivity index (χ3v) is 2.24. The summed E-state index contributed by atoms with van der Waals surface area (Å²) >= 11 is 0. The van der Waals surface area contributed by atoms with Crippen LogP contribution in [-0.2, 0) is 6.42 Å². The van der Waals surface area contributed by atoms with Gasteiger partial charge < -0.3 is 4.42 Å². The molecule has 0 aliphatic heterocycles. The second-order valence-electron chi connectivity index (χ2n) is 4.03. The molecule has 0 aliphatic carbocycles. The van der Waals surface area contributed by atoms with Crippen molar-refractivity contribution in [2.45, 2.75) is 20.3 Å². The molecule has 3 heteroatoms. The van der Waals surface area contributed by atoms with E-state index in [1.165, 1.54) is 16.6 Å². The highest BCUT2D eigenvalue weighted by atomic mass is 16.3. The van der Waals surface area contributed by atoms with E-state index in [9.17, 15) is 0 Å². The molecule has 1 aromatic heterocycles. The van der Waals surface area contributed by atoms with Crippen LogP contribution in [0.25, 0.3) is 11.1 Å². The number of nitrogens with zero attached hydrogens (tertiary/aromatic N) is 1. The molecule has 1 aromatic carbocycles. The zero-order chi connectivity index (χ0) is 10.1. The van der Waals surface area contributed by atoms with Crippen molar-refractivity contribution in [3.8, 4) is 0 Å². The first-order valence-electron chi connectivity index (χ1n) is 4.83. The Morgan fingerprint density at radius 1 is 1.43 bits per heavy atom. The Morgan fingerprint density at radius 2 is 2.21 bits per heavy atom. The van der Waals surface area contributed by atoms with Crippen molar-refractivity contribution in [1.82, 2.24) is 0 Å². The lowest BCUT2D eigenvalue weighted by molar-refractivity contribution is -0.616. The minimum atomic E-state index is 0.658. The van der Waals surface area contributed by atoms with Crippen LogP contribution in [0.4, 0.5) is 0 Å². The number of nitrogens with two attached hydrogens (primary N) is 1. The van der Waals surface area contributed by atoms with E-state index in [1.807, 2.05) is 6.07 Å². The van der Waals surface area contributed by atoms with Gasteiger partial charge in [0.2, 0.25) is 5.58 Å². The number of benzene rings is 1. The summed E-state index contributed by atoms with van der Waals surface area (Å²) in [6.45, 7) is 4.41. The number of aromatic nitrogens is 1. The van der Waals surface area contributed by atoms with Crippen molar-refractivity contribution < 1.29 is 9.09 Å². The van der Waals surface area contributed by atoms with Gasteiger partial charge in [-0.1, -0.05) is 19.9 Å². The van der Waals surface area contributed by atoms with Crippen molar-refractivity contribution in [1.29, 1.82) is 0 Å². The van der Waals surface area contributed by atoms with Crippen molar-refractivity contribution in [3.63, 3.8) is 0 Å². The molecular weight excluding hydrogens is 176 g/mol. The smallest absolute Gasteiger partial charge is 0.364 e. The molecule has 2 aromatic rings. The lowest BCUT2D eigenvalue weighted by Gasteiger charge is -2.02. The van der Waals surface area contributed by atoms with E-state index in [1.54, 1.807) is 0 Å². The van der Waals surface area contributed by atoms with Gasteiger partial charge in [-0.05, 0) is 28.6 Å². The third-order valence-electron chi connectivity index (χ3n) is 2.24. The summed E-state index contributed by atoms with van der Waals surface area (Å²) < 4.78 is 6.76. The van der Waals surface area contributed by atoms with Crippen LogP contribution in [-0.4, -0.2) is 0 Å². The Labute approximate surface area is 83.1 Å². The minimum absolute atomic E-state index is 0.658. The summed E-state index contributed by atoms with van der Waals surface area (Å²) in [4.78, 5) is 0. The van der Waals surface area contributed by atoms with Gasteiger partial charge in [0.1, 0.15) is 0 Å². The quantitative estimate of drug-likeness (QED) is 0.579. The molecule has 2 rings (SSSR count). The summed E-state index contributed by atoms with van der Waals surface area (Å²) in [5.41, 5.74) is 3.08. The largest absolute Gasteiger partial charge is 0.402 e. The maximum atomic E-state index is 5.70. The van der Waals surface area contributed by atoms with Crippen molar-refractivity contribution in [2.75, 3.05) is 5.84 Å². The number of rotatable bonds is 2. The SMILES string of the molecule is CC(C)Cc1ccc2oc[n+](N)c2c1. The van der Waals surface area contributed by atoms with Crippen LogP contribution in [0.3, 0.4) is 0 Å². The molecule has 0 radical (unpaired) electrons. The lowest BCUT2D eigenvalue weighted by Crippen LogP contribution is -2.42. The zero-order valence-electron chi connectivity index (χ0n) is 8.53. The maximum Gasteiger partial charge on any atom is 0.364 e. The second-order valence-corrected chi connectivity index (χ2v) is 4.03. The van der Waals surface area contributed by atoms with Crippen molar-refractivity contribution in [2.24, 2.45) is 5.92 Å². The highest BCUT2D eigenvalue weighted by Crippen LogP contribution is 2.15. The molecule has 0 amide bonds. The fourth-order valence-electron chi connectivity index (χ4n) is 1.63. The van der Waals surface area contributed by atoms with Crippen LogP contribution in [0.5, 0.6) is 0 Å². The predicted molar refractivity (Wildman–Crippen MR) is 55.1 cm³/mol. The van der Waals surface area contributed by atoms with Gasteiger partial charge in [-0.15, -0.1) is 0 Å². The Morgan fingerprint density at radius 3 is 2.93 bits per heavy atom. The van der Waals surface area contributed by atoms with Crippen LogP contribution >= 0.6 is 0 Å². The molecule has 0 unspecified atom stereocenters. The molecular formula is C11H15N2O+. The standard InChI is InChI=1S/C11H15N2O/c1-8(2)5-9-3-4-11-10(6-9)13(12)7-14-11/h3-4,6-8H,5,12H2,1-2H3/q+1. The van der Waals surface area contributed by atoms with E-state index in [0.717, 1.165) is 17.5 Å². The molecule has 0 bridgehead atoms. The molecule has 2 N–H and O–H groups in total. The fourth-order valence-corrected chi connectivity index (χ4v) is 1.63. The van der Waals surface area contributed by atoms with Gasteiger partial charge in [0.05, 0.1) is 0 Å². The Hall–Kier alpha value is -1.51. The Kier molecular flexibility index (Phi) is 2.15. The van der Waals surface area contributed by atoms with Crippen LogP contribution in [0.1, 0.15) is 19.4 Å². The van der Waals surface area contributed by atoms with E-state index >= 15 is 0 Å². The van der Waals surface area contributed by atoms with Gasteiger partial charge in [0, 0.05) is 6.07 Å². The first kappa shape index (κ1) is 9.06. The van der Waals surface area contributed by atoms with Crippen molar-refractivity contribution >= 4 is 11.1 Å². The molecule has 14 heavy (non-hydrogen) atoms. The maximum absolute atomic E-state index is 5.70. The summed E-state index contributed by atoms with van der Waals surface area (Å²) in [5, 5.41) is 0. The Balaban J connectivity index is 2.44.